The van der Waals surface area contributed by atoms with Gasteiger partial charge >= 0.3 is 5.97 Å². The zero-order valence-corrected chi connectivity index (χ0v) is 11.9. The maximum Gasteiger partial charge on any atom is 0.339 e. The number of carbonyl (C=O) groups is 1. The van der Waals surface area contributed by atoms with Crippen LogP contribution in [0.5, 0.6) is 5.75 Å². The van der Waals surface area contributed by atoms with Crippen molar-refractivity contribution in [2.45, 2.75) is 39.4 Å². The van der Waals surface area contributed by atoms with E-state index in [4.69, 9.17) is 14.2 Å². The fourth-order valence-corrected chi connectivity index (χ4v) is 2.48. The molecule has 1 aromatic rings. The minimum Gasteiger partial charge on any atom is -0.497 e. The summed E-state index contributed by atoms with van der Waals surface area (Å²) in [5.41, 5.74) is 3.16. The van der Waals surface area contributed by atoms with Gasteiger partial charge in [-0.05, 0) is 56.0 Å². The van der Waals surface area contributed by atoms with Crippen molar-refractivity contribution >= 4 is 5.97 Å². The van der Waals surface area contributed by atoms with Gasteiger partial charge in [0.05, 0.1) is 19.8 Å². The summed E-state index contributed by atoms with van der Waals surface area (Å²) in [6.45, 7) is 6.15. The third kappa shape index (κ3) is 2.73. The van der Waals surface area contributed by atoms with E-state index in [-0.39, 0.29) is 12.1 Å². The molecule has 1 aliphatic rings. The number of esters is 1. The summed E-state index contributed by atoms with van der Waals surface area (Å²) in [6, 6.07) is 3.86. The first-order valence-corrected chi connectivity index (χ1v) is 6.56. The Balaban J connectivity index is 2.45. The number of fused-ring (bicyclic) bond motifs is 1. The molecule has 4 heteroatoms. The average Bonchev–Trinajstić information content (AvgIpc) is 2.38. The molecule has 0 aliphatic carbocycles. The zero-order chi connectivity index (χ0) is 14.0. The van der Waals surface area contributed by atoms with Crippen LogP contribution in [0.3, 0.4) is 0 Å². The van der Waals surface area contributed by atoms with Crippen LogP contribution in [0.25, 0.3) is 0 Å². The number of methoxy groups -OCH3 is 1. The third-order valence-electron chi connectivity index (χ3n) is 3.36. The van der Waals surface area contributed by atoms with E-state index in [0.29, 0.717) is 6.61 Å². The smallest absolute Gasteiger partial charge is 0.339 e. The summed E-state index contributed by atoms with van der Waals surface area (Å²) in [5, 5.41) is 0. The van der Waals surface area contributed by atoms with Gasteiger partial charge < -0.3 is 14.2 Å². The standard InChI is InChI=1S/C15H20O4/c1-5-18-15(16)14-13-8-11(17-4)6-9(2)12(13)7-10(3)19-14/h6,8,10,14H,5,7H2,1-4H3. The third-order valence-corrected chi connectivity index (χ3v) is 3.36. The molecule has 2 atom stereocenters. The largest absolute Gasteiger partial charge is 0.497 e. The Morgan fingerprint density at radius 1 is 1.47 bits per heavy atom. The van der Waals surface area contributed by atoms with Gasteiger partial charge in [-0.25, -0.2) is 4.79 Å². The van der Waals surface area contributed by atoms with Crippen LogP contribution < -0.4 is 4.74 Å². The molecule has 19 heavy (non-hydrogen) atoms. The van der Waals surface area contributed by atoms with Crippen molar-refractivity contribution < 1.29 is 19.0 Å². The van der Waals surface area contributed by atoms with Gasteiger partial charge in [0.25, 0.3) is 0 Å². The van der Waals surface area contributed by atoms with Crippen LogP contribution in [0, 0.1) is 6.92 Å². The minimum atomic E-state index is -0.646. The predicted molar refractivity (Wildman–Crippen MR) is 71.4 cm³/mol. The summed E-state index contributed by atoms with van der Waals surface area (Å²) < 4.78 is 16.1. The highest BCUT2D eigenvalue weighted by Crippen LogP contribution is 2.35. The number of hydrogen-bond acceptors (Lipinski definition) is 4. The highest BCUT2D eigenvalue weighted by molar-refractivity contribution is 5.78. The van der Waals surface area contributed by atoms with Crippen molar-refractivity contribution in [3.63, 3.8) is 0 Å². The van der Waals surface area contributed by atoms with Gasteiger partial charge in [-0.15, -0.1) is 0 Å². The van der Waals surface area contributed by atoms with E-state index in [0.717, 1.165) is 28.9 Å². The molecule has 0 N–H and O–H groups in total. The van der Waals surface area contributed by atoms with E-state index < -0.39 is 6.10 Å². The van der Waals surface area contributed by atoms with E-state index in [1.807, 2.05) is 26.0 Å². The molecular weight excluding hydrogens is 244 g/mol. The van der Waals surface area contributed by atoms with Gasteiger partial charge in [0, 0.05) is 0 Å². The normalized spacial score (nSPS) is 21.7. The van der Waals surface area contributed by atoms with Crippen LogP contribution in [0.2, 0.25) is 0 Å². The Bertz CT molecular complexity index is 481. The first-order valence-electron chi connectivity index (χ1n) is 6.56. The fraction of sp³-hybridized carbons (Fsp3) is 0.533. The van der Waals surface area contributed by atoms with E-state index in [1.54, 1.807) is 14.0 Å². The molecule has 1 aromatic carbocycles. The Hall–Kier alpha value is -1.55. The summed E-state index contributed by atoms with van der Waals surface area (Å²) in [5.74, 6) is 0.409. The van der Waals surface area contributed by atoms with E-state index >= 15 is 0 Å². The van der Waals surface area contributed by atoms with Crippen LogP contribution in [0.15, 0.2) is 12.1 Å². The van der Waals surface area contributed by atoms with E-state index in [1.165, 1.54) is 0 Å². The molecular formula is C15H20O4. The lowest BCUT2D eigenvalue weighted by Gasteiger charge is -2.30. The lowest BCUT2D eigenvalue weighted by molar-refractivity contribution is -0.162. The molecule has 0 saturated heterocycles. The number of ether oxygens (including phenoxy) is 3. The Kier molecular flexibility index (Phi) is 4.10. The molecule has 0 amide bonds. The van der Waals surface area contributed by atoms with Crippen molar-refractivity contribution in [3.8, 4) is 5.75 Å². The van der Waals surface area contributed by atoms with Crippen LogP contribution in [0.1, 0.15) is 36.6 Å². The molecule has 0 aromatic heterocycles. The second-order valence-electron chi connectivity index (χ2n) is 4.79. The Labute approximate surface area is 113 Å². The summed E-state index contributed by atoms with van der Waals surface area (Å²) in [7, 11) is 1.62. The molecule has 1 aliphatic heterocycles. The van der Waals surface area contributed by atoms with Gasteiger partial charge in [0.2, 0.25) is 0 Å². The SMILES string of the molecule is CCOC(=O)C1OC(C)Cc2c(C)cc(OC)cc21. The van der Waals surface area contributed by atoms with Gasteiger partial charge in [-0.1, -0.05) is 0 Å². The monoisotopic (exact) mass is 264 g/mol. The zero-order valence-electron chi connectivity index (χ0n) is 11.9. The molecule has 1 heterocycles. The van der Waals surface area contributed by atoms with Crippen molar-refractivity contribution in [2.24, 2.45) is 0 Å². The van der Waals surface area contributed by atoms with Gasteiger partial charge in [-0.2, -0.15) is 0 Å². The molecule has 0 saturated carbocycles. The lowest BCUT2D eigenvalue weighted by atomic mass is 9.90. The summed E-state index contributed by atoms with van der Waals surface area (Å²) in [4.78, 5) is 12.0. The topological polar surface area (TPSA) is 44.8 Å². The van der Waals surface area contributed by atoms with Crippen molar-refractivity contribution in [3.05, 3.63) is 28.8 Å². The van der Waals surface area contributed by atoms with E-state index in [2.05, 4.69) is 0 Å². The van der Waals surface area contributed by atoms with Gasteiger partial charge in [-0.3, -0.25) is 0 Å². The number of aryl methyl sites for hydroxylation is 1. The van der Waals surface area contributed by atoms with Gasteiger partial charge in [0.15, 0.2) is 6.10 Å². The Morgan fingerprint density at radius 2 is 2.21 bits per heavy atom. The number of carbonyl (C=O) groups excluding carboxylic acids is 1. The molecule has 0 spiro atoms. The first kappa shape index (κ1) is 13.9. The van der Waals surface area contributed by atoms with Crippen LogP contribution in [-0.2, 0) is 20.7 Å². The molecule has 2 rings (SSSR count). The molecule has 0 fully saturated rings. The van der Waals surface area contributed by atoms with Crippen LogP contribution in [0.4, 0.5) is 0 Å². The van der Waals surface area contributed by atoms with E-state index in [9.17, 15) is 4.79 Å². The highest BCUT2D eigenvalue weighted by atomic mass is 16.6. The molecule has 104 valence electrons. The van der Waals surface area contributed by atoms with Crippen LogP contribution >= 0.6 is 0 Å². The maximum absolute atomic E-state index is 12.0. The second kappa shape index (κ2) is 5.61. The second-order valence-corrected chi connectivity index (χ2v) is 4.79. The number of hydrogen-bond donors (Lipinski definition) is 0. The highest BCUT2D eigenvalue weighted by Gasteiger charge is 2.33. The molecule has 4 nitrogen and oxygen atoms in total. The predicted octanol–water partition coefficient (Wildman–Crippen LogP) is 2.57. The van der Waals surface area contributed by atoms with Gasteiger partial charge in [0.1, 0.15) is 5.75 Å². The average molecular weight is 264 g/mol. The number of rotatable bonds is 3. The van der Waals surface area contributed by atoms with Crippen molar-refractivity contribution in [2.75, 3.05) is 13.7 Å². The molecule has 2 unspecified atom stereocenters. The summed E-state index contributed by atoms with van der Waals surface area (Å²) in [6.07, 6.45) is 0.169. The first-order chi connectivity index (χ1) is 9.06. The maximum atomic E-state index is 12.0. The lowest BCUT2D eigenvalue weighted by Crippen LogP contribution is -2.30. The molecule has 0 bridgehead atoms. The van der Waals surface area contributed by atoms with Crippen molar-refractivity contribution in [1.29, 1.82) is 0 Å². The fourth-order valence-electron chi connectivity index (χ4n) is 2.48. The quantitative estimate of drug-likeness (QED) is 0.787. The summed E-state index contributed by atoms with van der Waals surface area (Å²) >= 11 is 0. The van der Waals surface area contributed by atoms with Crippen molar-refractivity contribution in [1.82, 2.24) is 0 Å². The Morgan fingerprint density at radius 3 is 2.84 bits per heavy atom. The minimum absolute atomic E-state index is 0.00833. The number of benzene rings is 1. The molecule has 0 radical (unpaired) electrons. The van der Waals surface area contributed by atoms with Crippen LogP contribution in [-0.4, -0.2) is 25.8 Å².